The van der Waals surface area contributed by atoms with Crippen molar-refractivity contribution in [1.29, 1.82) is 0 Å². The topological polar surface area (TPSA) is 97.2 Å². The molecule has 3 atom stereocenters. The van der Waals surface area contributed by atoms with E-state index in [0.29, 0.717) is 23.6 Å². The summed E-state index contributed by atoms with van der Waals surface area (Å²) in [6, 6.07) is 12.9. The molecule has 8 heteroatoms. The quantitative estimate of drug-likeness (QED) is 0.705. The first-order chi connectivity index (χ1) is 14.5. The van der Waals surface area contributed by atoms with Gasteiger partial charge in [-0.05, 0) is 59.1 Å². The van der Waals surface area contributed by atoms with E-state index in [4.69, 9.17) is 4.74 Å². The molecule has 0 bridgehead atoms. The van der Waals surface area contributed by atoms with Crippen molar-refractivity contribution in [2.24, 2.45) is 4.99 Å². The number of carbonyl (C=O) groups excluding carboxylic acids is 1. The Morgan fingerprint density at radius 3 is 2.70 bits per heavy atom. The lowest BCUT2D eigenvalue weighted by Crippen LogP contribution is -2.45. The standard InChI is InChI=1S/C22H25N3O4S/c1-29-16-5-3-14(4-6-16)18-12-15-11-17(30(2)28)7-8-19(15)25(22(27)21(18)26)13-20-23-9-10-24-20/h3-8,11,18,21,26H,9-10,12-13H2,1-2H3,(H,23,24). The molecule has 30 heavy (non-hydrogen) atoms. The van der Waals surface area contributed by atoms with Crippen LogP contribution in [0.15, 0.2) is 52.4 Å². The number of amidine groups is 1. The first-order valence-corrected chi connectivity index (χ1v) is 11.4. The number of rotatable bonds is 5. The number of nitrogens with zero attached hydrogens (tertiary/aromatic N) is 2. The highest BCUT2D eigenvalue weighted by molar-refractivity contribution is 7.90. The minimum Gasteiger partial charge on any atom is -0.612 e. The van der Waals surface area contributed by atoms with Crippen LogP contribution >= 0.6 is 0 Å². The molecule has 2 aromatic rings. The summed E-state index contributed by atoms with van der Waals surface area (Å²) < 4.78 is 17.3. The van der Waals surface area contributed by atoms with Gasteiger partial charge in [0.2, 0.25) is 0 Å². The molecule has 0 saturated carbocycles. The Hall–Kier alpha value is -2.55. The van der Waals surface area contributed by atoms with E-state index in [1.807, 2.05) is 36.4 Å². The van der Waals surface area contributed by atoms with E-state index in [1.54, 1.807) is 24.3 Å². The molecule has 7 nitrogen and oxygen atoms in total. The summed E-state index contributed by atoms with van der Waals surface area (Å²) in [4.78, 5) is 20.0. The highest BCUT2D eigenvalue weighted by atomic mass is 32.2. The summed E-state index contributed by atoms with van der Waals surface area (Å²) in [5.41, 5.74) is 2.46. The number of aliphatic imine (C=N–C) groups is 1. The van der Waals surface area contributed by atoms with Gasteiger partial charge in [0.1, 0.15) is 23.9 Å². The van der Waals surface area contributed by atoms with Gasteiger partial charge in [-0.3, -0.25) is 9.79 Å². The molecule has 0 aromatic heterocycles. The zero-order chi connectivity index (χ0) is 21.3. The van der Waals surface area contributed by atoms with Gasteiger partial charge in [-0.15, -0.1) is 0 Å². The molecule has 1 amide bonds. The maximum atomic E-state index is 13.3. The smallest absolute Gasteiger partial charge is 0.256 e. The molecule has 0 fully saturated rings. The Morgan fingerprint density at radius 1 is 1.30 bits per heavy atom. The van der Waals surface area contributed by atoms with Crippen molar-refractivity contribution in [2.45, 2.75) is 23.3 Å². The third kappa shape index (κ3) is 4.03. The number of ether oxygens (including phenoxy) is 1. The third-order valence-corrected chi connectivity index (χ3v) is 6.53. The lowest BCUT2D eigenvalue weighted by Gasteiger charge is -2.25. The molecule has 2 aromatic carbocycles. The molecule has 2 N–H and O–H groups in total. The monoisotopic (exact) mass is 427 g/mol. The number of methoxy groups -OCH3 is 1. The van der Waals surface area contributed by atoms with Gasteiger partial charge in [-0.25, -0.2) is 0 Å². The number of fused-ring (bicyclic) bond motifs is 1. The first-order valence-electron chi connectivity index (χ1n) is 9.85. The van der Waals surface area contributed by atoms with Crippen molar-refractivity contribution < 1.29 is 19.2 Å². The third-order valence-electron chi connectivity index (χ3n) is 5.61. The fourth-order valence-electron chi connectivity index (χ4n) is 3.98. The molecule has 158 valence electrons. The summed E-state index contributed by atoms with van der Waals surface area (Å²) in [5.74, 6) is 0.652. The van der Waals surface area contributed by atoms with Crippen molar-refractivity contribution in [3.05, 3.63) is 53.6 Å². The van der Waals surface area contributed by atoms with Gasteiger partial charge < -0.3 is 24.6 Å². The van der Waals surface area contributed by atoms with Crippen molar-refractivity contribution in [1.82, 2.24) is 5.32 Å². The number of hydrogen-bond donors (Lipinski definition) is 2. The van der Waals surface area contributed by atoms with Crippen LogP contribution in [0.4, 0.5) is 5.69 Å². The van der Waals surface area contributed by atoms with Crippen molar-refractivity contribution in [3.63, 3.8) is 0 Å². The van der Waals surface area contributed by atoms with E-state index in [1.165, 1.54) is 0 Å². The molecule has 3 unspecified atom stereocenters. The number of carbonyl (C=O) groups is 1. The maximum absolute atomic E-state index is 13.3. The number of anilines is 1. The van der Waals surface area contributed by atoms with Gasteiger partial charge in [0.05, 0.1) is 20.2 Å². The van der Waals surface area contributed by atoms with Crippen LogP contribution in [0.5, 0.6) is 5.75 Å². The molecule has 0 radical (unpaired) electrons. The van der Waals surface area contributed by atoms with Gasteiger partial charge in [-0.2, -0.15) is 0 Å². The Labute approximate surface area is 178 Å². The summed E-state index contributed by atoms with van der Waals surface area (Å²) in [7, 11) is 1.60. The zero-order valence-electron chi connectivity index (χ0n) is 17.0. The zero-order valence-corrected chi connectivity index (χ0v) is 17.8. The molecule has 0 aliphatic carbocycles. The van der Waals surface area contributed by atoms with E-state index in [9.17, 15) is 14.5 Å². The second-order valence-electron chi connectivity index (χ2n) is 7.45. The van der Waals surface area contributed by atoms with E-state index in [-0.39, 0.29) is 12.5 Å². The Bertz CT molecular complexity index is 961. The van der Waals surface area contributed by atoms with Crippen LogP contribution in [0, 0.1) is 0 Å². The lowest BCUT2D eigenvalue weighted by molar-refractivity contribution is -0.127. The molecule has 0 saturated heterocycles. The van der Waals surface area contributed by atoms with E-state index in [0.717, 1.165) is 29.2 Å². The number of nitrogens with one attached hydrogen (secondary N) is 1. The SMILES string of the molecule is COc1ccc(C2Cc3cc([S+](C)[O-])ccc3N(CC3=NCCN3)C(=O)C2O)cc1. The Balaban J connectivity index is 1.76. The number of benzene rings is 2. The van der Waals surface area contributed by atoms with E-state index < -0.39 is 23.2 Å². The van der Waals surface area contributed by atoms with Gasteiger partial charge in [-0.1, -0.05) is 12.1 Å². The Kier molecular flexibility index (Phi) is 5.99. The molecule has 0 spiro atoms. The van der Waals surface area contributed by atoms with Gasteiger partial charge in [0, 0.05) is 18.2 Å². The predicted octanol–water partition coefficient (Wildman–Crippen LogP) is 1.47. The van der Waals surface area contributed by atoms with Crippen LogP contribution in [0.1, 0.15) is 17.0 Å². The molecule has 2 aliphatic heterocycles. The van der Waals surface area contributed by atoms with Crippen LogP contribution in [-0.2, 0) is 22.4 Å². The molecule has 4 rings (SSSR count). The predicted molar refractivity (Wildman–Crippen MR) is 117 cm³/mol. The second kappa shape index (κ2) is 8.67. The minimum absolute atomic E-state index is 0.271. The fraction of sp³-hybridized carbons (Fsp3) is 0.364. The normalized spacial score (nSPS) is 22.1. The molecular formula is C22H25N3O4S. The number of aliphatic hydroxyl groups excluding tert-OH is 1. The van der Waals surface area contributed by atoms with E-state index >= 15 is 0 Å². The van der Waals surface area contributed by atoms with E-state index in [2.05, 4.69) is 10.3 Å². The van der Waals surface area contributed by atoms with Crippen LogP contribution in [0.2, 0.25) is 0 Å². The fourth-order valence-corrected chi connectivity index (χ4v) is 4.55. The first kappa shape index (κ1) is 20.7. The average molecular weight is 428 g/mol. The largest absolute Gasteiger partial charge is 0.612 e. The molecule has 2 aliphatic rings. The number of aliphatic hydroxyl groups is 1. The van der Waals surface area contributed by atoms with Crippen LogP contribution in [0.25, 0.3) is 0 Å². The molecular weight excluding hydrogens is 402 g/mol. The van der Waals surface area contributed by atoms with Crippen LogP contribution in [0.3, 0.4) is 0 Å². The van der Waals surface area contributed by atoms with Gasteiger partial charge in [0.15, 0.2) is 4.90 Å². The van der Waals surface area contributed by atoms with Gasteiger partial charge >= 0.3 is 0 Å². The number of hydrogen-bond acceptors (Lipinski definition) is 6. The number of amides is 1. The minimum atomic E-state index is -1.21. The lowest BCUT2D eigenvalue weighted by atomic mass is 9.88. The molecule has 2 heterocycles. The highest BCUT2D eigenvalue weighted by Gasteiger charge is 2.37. The van der Waals surface area contributed by atoms with Crippen molar-refractivity contribution >= 4 is 28.6 Å². The van der Waals surface area contributed by atoms with Crippen LogP contribution < -0.4 is 15.0 Å². The summed E-state index contributed by atoms with van der Waals surface area (Å²) in [6.07, 6.45) is 0.882. The maximum Gasteiger partial charge on any atom is 0.256 e. The van der Waals surface area contributed by atoms with Crippen molar-refractivity contribution in [2.75, 3.05) is 37.9 Å². The van der Waals surface area contributed by atoms with Gasteiger partial charge in [0.25, 0.3) is 5.91 Å². The average Bonchev–Trinajstić information content (AvgIpc) is 3.25. The summed E-state index contributed by atoms with van der Waals surface area (Å²) >= 11 is -1.14. The Morgan fingerprint density at radius 2 is 2.07 bits per heavy atom. The van der Waals surface area contributed by atoms with Crippen molar-refractivity contribution in [3.8, 4) is 5.75 Å². The summed E-state index contributed by atoms with van der Waals surface area (Å²) in [6.45, 7) is 1.69. The second-order valence-corrected chi connectivity index (χ2v) is 8.83. The highest BCUT2D eigenvalue weighted by Crippen LogP contribution is 2.36. The van der Waals surface area contributed by atoms with Crippen LogP contribution in [-0.4, -0.2) is 60.5 Å². The summed E-state index contributed by atoms with van der Waals surface area (Å²) in [5, 5.41) is 14.2.